The number of hydrogen-bond acceptors (Lipinski definition) is 4. The Hall–Kier alpha value is -2.98. The molecule has 6 nitrogen and oxygen atoms in total. The van der Waals surface area contributed by atoms with Crippen molar-refractivity contribution < 1.29 is 27.8 Å². The third-order valence-corrected chi connectivity index (χ3v) is 10.4. The second-order valence-electron chi connectivity index (χ2n) is 12.9. The van der Waals surface area contributed by atoms with Crippen molar-refractivity contribution in [1.29, 1.82) is 0 Å². The van der Waals surface area contributed by atoms with Crippen molar-refractivity contribution in [1.82, 2.24) is 5.32 Å². The minimum Gasteiger partial charge on any atom is -0.491 e. The van der Waals surface area contributed by atoms with E-state index in [1.165, 1.54) is 11.0 Å². The molecule has 0 bridgehead atoms. The highest BCUT2D eigenvalue weighted by atomic mass is 35.5. The molecule has 0 aromatic heterocycles. The standard InChI is InChI=1S/C33H36Cl2F2N2O4Si/c1-19(2)43-27-12-11-25(36)30(37)29(27)31-33(24(17-28(40)38-31)20-7-6-8-21(34)15-20)23-10-9-22(35)16-26(23)39(32(33)41)18-42-13-14-44(3,4)5/h6-12,15-16,19,24,31H,13-14,17-18H2,1-5H3,(H,38,40)/t24-,31+,33-/m0/s1. The number of nitrogens with zero attached hydrogens (tertiary/aromatic N) is 1. The number of halogens is 4. The van der Waals surface area contributed by atoms with E-state index in [9.17, 15) is 4.79 Å². The Morgan fingerprint density at radius 3 is 2.45 bits per heavy atom. The molecule has 1 fully saturated rings. The zero-order valence-corrected chi connectivity index (χ0v) is 27.9. The summed E-state index contributed by atoms with van der Waals surface area (Å²) in [7, 11) is -1.43. The van der Waals surface area contributed by atoms with Crippen LogP contribution in [0.4, 0.5) is 14.5 Å². The van der Waals surface area contributed by atoms with E-state index < -0.39 is 55.0 Å². The first kappa shape index (κ1) is 32.4. The van der Waals surface area contributed by atoms with Gasteiger partial charge in [0.05, 0.1) is 23.4 Å². The number of benzene rings is 3. The summed E-state index contributed by atoms with van der Waals surface area (Å²) in [5.41, 5.74) is -0.280. The molecule has 11 heteroatoms. The van der Waals surface area contributed by atoms with Gasteiger partial charge in [-0.1, -0.05) is 61.0 Å². The third-order valence-electron chi connectivity index (χ3n) is 8.21. The Bertz CT molecular complexity index is 1600. The molecule has 234 valence electrons. The molecule has 1 N–H and O–H groups in total. The Morgan fingerprint density at radius 2 is 1.77 bits per heavy atom. The van der Waals surface area contributed by atoms with Crippen LogP contribution in [0.2, 0.25) is 35.7 Å². The minimum absolute atomic E-state index is 0.0310. The van der Waals surface area contributed by atoms with Gasteiger partial charge >= 0.3 is 0 Å². The lowest BCUT2D eigenvalue weighted by Gasteiger charge is -2.47. The van der Waals surface area contributed by atoms with Gasteiger partial charge in [0.15, 0.2) is 11.6 Å². The Balaban J connectivity index is 1.77. The first-order valence-corrected chi connectivity index (χ1v) is 19.1. The highest BCUT2D eigenvalue weighted by Gasteiger charge is 2.64. The number of ether oxygens (including phenoxy) is 2. The number of piperidine rings is 1. The van der Waals surface area contributed by atoms with Gasteiger partial charge in [0.25, 0.3) is 0 Å². The molecule has 1 saturated heterocycles. The predicted octanol–water partition coefficient (Wildman–Crippen LogP) is 8.00. The smallest absolute Gasteiger partial charge is 0.242 e. The predicted molar refractivity (Wildman–Crippen MR) is 171 cm³/mol. The maximum absolute atomic E-state index is 16.1. The van der Waals surface area contributed by atoms with Gasteiger partial charge in [-0.3, -0.25) is 14.5 Å². The van der Waals surface area contributed by atoms with Crippen molar-refractivity contribution >= 4 is 48.8 Å². The van der Waals surface area contributed by atoms with Gasteiger partial charge in [-0.15, -0.1) is 0 Å². The van der Waals surface area contributed by atoms with Crippen LogP contribution in [0.15, 0.2) is 54.6 Å². The Labute approximate surface area is 267 Å². The molecular weight excluding hydrogens is 625 g/mol. The van der Waals surface area contributed by atoms with Crippen molar-refractivity contribution in [3.63, 3.8) is 0 Å². The largest absolute Gasteiger partial charge is 0.491 e. The molecule has 2 heterocycles. The van der Waals surface area contributed by atoms with E-state index >= 15 is 13.6 Å². The molecule has 0 saturated carbocycles. The molecule has 2 amide bonds. The van der Waals surface area contributed by atoms with Crippen molar-refractivity contribution in [2.75, 3.05) is 18.2 Å². The average molecular weight is 662 g/mol. The van der Waals surface area contributed by atoms with Crippen molar-refractivity contribution in [3.05, 3.63) is 93.0 Å². The first-order chi connectivity index (χ1) is 20.7. The summed E-state index contributed by atoms with van der Waals surface area (Å²) in [6.07, 6.45) is -0.508. The van der Waals surface area contributed by atoms with E-state index in [0.717, 1.165) is 12.1 Å². The fraction of sp³-hybridized carbons (Fsp3) is 0.394. The second kappa shape index (κ2) is 12.4. The van der Waals surface area contributed by atoms with Gasteiger partial charge in [0, 0.05) is 37.1 Å². The van der Waals surface area contributed by atoms with Crippen LogP contribution in [0.5, 0.6) is 5.75 Å². The van der Waals surface area contributed by atoms with E-state index in [-0.39, 0.29) is 24.5 Å². The molecule has 2 aliphatic rings. The number of carbonyl (C=O) groups is 2. The number of nitrogens with one attached hydrogen (secondary N) is 1. The van der Waals surface area contributed by atoms with Gasteiger partial charge in [0.1, 0.15) is 17.9 Å². The van der Waals surface area contributed by atoms with Crippen LogP contribution in [0.1, 0.15) is 48.9 Å². The third kappa shape index (κ3) is 5.99. The lowest BCUT2D eigenvalue weighted by Crippen LogP contribution is -2.58. The molecule has 5 rings (SSSR count). The summed E-state index contributed by atoms with van der Waals surface area (Å²) in [5.74, 6) is -3.97. The highest BCUT2D eigenvalue weighted by molar-refractivity contribution is 6.76. The molecule has 3 aromatic rings. The van der Waals surface area contributed by atoms with Gasteiger partial charge in [-0.05, 0) is 67.4 Å². The fourth-order valence-corrected chi connectivity index (χ4v) is 7.39. The highest BCUT2D eigenvalue weighted by Crippen LogP contribution is 2.60. The van der Waals surface area contributed by atoms with Crippen molar-refractivity contribution in [3.8, 4) is 5.75 Å². The Morgan fingerprint density at radius 1 is 1.05 bits per heavy atom. The summed E-state index contributed by atoms with van der Waals surface area (Å²) >= 11 is 12.9. The summed E-state index contributed by atoms with van der Waals surface area (Å²) in [6.45, 7) is 10.6. The van der Waals surface area contributed by atoms with Crippen LogP contribution in [0.3, 0.4) is 0 Å². The van der Waals surface area contributed by atoms with Crippen molar-refractivity contribution in [2.24, 2.45) is 0 Å². The van der Waals surface area contributed by atoms with Gasteiger partial charge < -0.3 is 14.8 Å². The van der Waals surface area contributed by atoms with Gasteiger partial charge in [0.2, 0.25) is 11.8 Å². The molecule has 2 aliphatic heterocycles. The molecular formula is C33H36Cl2F2N2O4Si. The van der Waals surface area contributed by atoms with Crippen LogP contribution in [0.25, 0.3) is 0 Å². The molecule has 44 heavy (non-hydrogen) atoms. The maximum atomic E-state index is 16.1. The molecule has 3 atom stereocenters. The number of rotatable bonds is 9. The SMILES string of the molecule is CC(C)Oc1ccc(F)c(F)c1[C@H]1NC(=O)C[C@@H](c2cccc(Cl)c2)[C@]12C(=O)N(COCC[Si](C)(C)C)c1cc(Cl)ccc12. The van der Waals surface area contributed by atoms with Crippen molar-refractivity contribution in [2.45, 2.75) is 69.4 Å². The number of anilines is 1. The molecule has 0 radical (unpaired) electrons. The number of carbonyl (C=O) groups excluding carboxylic acids is 2. The normalized spacial score (nSPS) is 21.6. The van der Waals surface area contributed by atoms with Gasteiger partial charge in [-0.25, -0.2) is 8.78 Å². The molecule has 1 spiro atoms. The van der Waals surface area contributed by atoms with Crippen LogP contribution in [-0.4, -0.2) is 39.3 Å². The monoisotopic (exact) mass is 660 g/mol. The summed E-state index contributed by atoms with van der Waals surface area (Å²) in [5, 5.41) is 3.68. The van der Waals surface area contributed by atoms with E-state index in [0.29, 0.717) is 33.5 Å². The average Bonchev–Trinajstić information content (AvgIpc) is 3.16. The van der Waals surface area contributed by atoms with Crippen LogP contribution in [0, 0.1) is 11.6 Å². The zero-order chi connectivity index (χ0) is 32.0. The first-order valence-electron chi connectivity index (χ1n) is 14.6. The van der Waals surface area contributed by atoms with Crippen LogP contribution in [-0.2, 0) is 19.7 Å². The summed E-state index contributed by atoms with van der Waals surface area (Å²) in [6, 6.07) is 13.8. The lowest BCUT2D eigenvalue weighted by molar-refractivity contribution is -0.133. The number of hydrogen-bond donors (Lipinski definition) is 1. The fourth-order valence-electron chi connectivity index (χ4n) is 6.26. The Kier molecular flexibility index (Phi) is 9.15. The van der Waals surface area contributed by atoms with E-state index in [1.807, 2.05) is 0 Å². The van der Waals surface area contributed by atoms with Crippen LogP contribution >= 0.6 is 23.2 Å². The minimum atomic E-state index is -1.63. The van der Waals surface area contributed by atoms with Gasteiger partial charge in [-0.2, -0.15) is 0 Å². The molecule has 0 aliphatic carbocycles. The summed E-state index contributed by atoms with van der Waals surface area (Å²) in [4.78, 5) is 30.1. The molecule has 3 aromatic carbocycles. The van der Waals surface area contributed by atoms with E-state index in [1.54, 1.807) is 56.3 Å². The van der Waals surface area contributed by atoms with E-state index in [4.69, 9.17) is 32.7 Å². The number of fused-ring (bicyclic) bond motifs is 2. The summed E-state index contributed by atoms with van der Waals surface area (Å²) < 4.78 is 43.1. The lowest BCUT2D eigenvalue weighted by atomic mass is 9.59. The number of amides is 2. The molecule has 0 unspecified atom stereocenters. The zero-order valence-electron chi connectivity index (χ0n) is 25.3. The topological polar surface area (TPSA) is 67.9 Å². The second-order valence-corrected chi connectivity index (χ2v) is 19.4. The van der Waals surface area contributed by atoms with Crippen LogP contribution < -0.4 is 15.0 Å². The maximum Gasteiger partial charge on any atom is 0.242 e. The van der Waals surface area contributed by atoms with E-state index in [2.05, 4.69) is 25.0 Å². The quantitative estimate of drug-likeness (QED) is 0.187.